The van der Waals surface area contributed by atoms with Crippen molar-refractivity contribution < 1.29 is 9.53 Å². The monoisotopic (exact) mass is 278 g/mol. The van der Waals surface area contributed by atoms with Gasteiger partial charge in [0.2, 0.25) is 0 Å². The summed E-state index contributed by atoms with van der Waals surface area (Å²) in [5, 5.41) is 4.41. The van der Waals surface area contributed by atoms with Crippen LogP contribution in [0, 0.1) is 0 Å². The molecule has 1 aromatic rings. The highest BCUT2D eigenvalue weighted by Crippen LogP contribution is 2.45. The first-order chi connectivity index (χ1) is 6.60. The smallest absolute Gasteiger partial charge is 0.333 e. The SMILES string of the molecule is COC(=O)C1(n2cc(Br)c(Cl)n2)CC1. The third-order valence-electron chi connectivity index (χ3n) is 2.36. The topological polar surface area (TPSA) is 44.1 Å². The second-order valence-electron chi connectivity index (χ2n) is 3.24. The molecule has 4 nitrogen and oxygen atoms in total. The van der Waals surface area contributed by atoms with Crippen LogP contribution in [0.4, 0.5) is 0 Å². The molecule has 1 saturated carbocycles. The number of methoxy groups -OCH3 is 1. The molecule has 0 bridgehead atoms. The average molecular weight is 280 g/mol. The zero-order valence-electron chi connectivity index (χ0n) is 7.46. The lowest BCUT2D eigenvalue weighted by atomic mass is 10.3. The van der Waals surface area contributed by atoms with Gasteiger partial charge in [-0.3, -0.25) is 4.68 Å². The molecular weight excluding hydrogens is 271 g/mol. The molecule has 1 aliphatic rings. The van der Waals surface area contributed by atoms with Crippen LogP contribution in [0.5, 0.6) is 0 Å². The summed E-state index contributed by atoms with van der Waals surface area (Å²) in [6, 6.07) is 0. The quantitative estimate of drug-likeness (QED) is 0.777. The Morgan fingerprint density at radius 3 is 2.79 bits per heavy atom. The Balaban J connectivity index is 2.35. The van der Waals surface area contributed by atoms with E-state index in [1.165, 1.54) is 7.11 Å². The van der Waals surface area contributed by atoms with Gasteiger partial charge in [0.05, 0.1) is 11.6 Å². The number of hydrogen-bond donors (Lipinski definition) is 0. The molecule has 1 aromatic heterocycles. The van der Waals surface area contributed by atoms with Gasteiger partial charge < -0.3 is 4.74 Å². The van der Waals surface area contributed by atoms with Crippen molar-refractivity contribution in [2.45, 2.75) is 18.4 Å². The summed E-state index contributed by atoms with van der Waals surface area (Å²) in [6.45, 7) is 0. The van der Waals surface area contributed by atoms with E-state index in [0.29, 0.717) is 9.63 Å². The third kappa shape index (κ3) is 1.35. The molecule has 0 aromatic carbocycles. The van der Waals surface area contributed by atoms with Crippen LogP contribution in [-0.2, 0) is 15.1 Å². The number of carbonyl (C=O) groups is 1. The van der Waals surface area contributed by atoms with E-state index in [2.05, 4.69) is 21.0 Å². The molecule has 0 spiro atoms. The maximum absolute atomic E-state index is 11.5. The number of ether oxygens (including phenoxy) is 1. The van der Waals surface area contributed by atoms with Crippen molar-refractivity contribution in [2.75, 3.05) is 7.11 Å². The lowest BCUT2D eigenvalue weighted by molar-refractivity contribution is -0.146. The molecule has 0 atom stereocenters. The molecule has 0 amide bonds. The molecule has 2 rings (SSSR count). The molecule has 1 aliphatic carbocycles. The van der Waals surface area contributed by atoms with Crippen LogP contribution in [0.3, 0.4) is 0 Å². The third-order valence-corrected chi connectivity index (χ3v) is 3.44. The molecule has 14 heavy (non-hydrogen) atoms. The van der Waals surface area contributed by atoms with Gasteiger partial charge in [0.25, 0.3) is 0 Å². The van der Waals surface area contributed by atoms with E-state index < -0.39 is 5.54 Å². The Kier molecular flexibility index (Phi) is 2.31. The Bertz CT molecular complexity index is 367. The molecular formula is C8H8BrClN2O2. The van der Waals surface area contributed by atoms with E-state index in [9.17, 15) is 4.79 Å². The molecule has 0 radical (unpaired) electrons. The maximum atomic E-state index is 11.5. The number of esters is 1. The molecule has 1 heterocycles. The predicted octanol–water partition coefficient (Wildman–Crippen LogP) is 1.96. The van der Waals surface area contributed by atoms with Gasteiger partial charge in [-0.1, -0.05) is 11.6 Å². The van der Waals surface area contributed by atoms with Crippen molar-refractivity contribution in [3.8, 4) is 0 Å². The van der Waals surface area contributed by atoms with Crippen LogP contribution in [-0.4, -0.2) is 22.9 Å². The molecule has 0 unspecified atom stereocenters. The highest BCUT2D eigenvalue weighted by molar-refractivity contribution is 9.10. The number of halogens is 2. The van der Waals surface area contributed by atoms with Gasteiger partial charge in [0.1, 0.15) is 0 Å². The van der Waals surface area contributed by atoms with Crippen LogP contribution in [0.15, 0.2) is 10.7 Å². The largest absolute Gasteiger partial charge is 0.467 e. The maximum Gasteiger partial charge on any atom is 0.333 e. The van der Waals surface area contributed by atoms with Gasteiger partial charge in [-0.2, -0.15) is 5.10 Å². The van der Waals surface area contributed by atoms with Crippen molar-refractivity contribution >= 4 is 33.5 Å². The summed E-state index contributed by atoms with van der Waals surface area (Å²) < 4.78 is 6.99. The molecule has 6 heteroatoms. The molecule has 0 N–H and O–H groups in total. The molecule has 0 saturated heterocycles. The van der Waals surface area contributed by atoms with Gasteiger partial charge in [-0.05, 0) is 28.8 Å². The van der Waals surface area contributed by atoms with E-state index in [0.717, 1.165) is 12.8 Å². The summed E-state index contributed by atoms with van der Waals surface area (Å²) in [5.74, 6) is -0.260. The van der Waals surface area contributed by atoms with Gasteiger partial charge in [0.15, 0.2) is 10.7 Å². The van der Waals surface area contributed by atoms with E-state index in [1.807, 2.05) is 0 Å². The lowest BCUT2D eigenvalue weighted by Crippen LogP contribution is -2.29. The number of hydrogen-bond acceptors (Lipinski definition) is 3. The van der Waals surface area contributed by atoms with Gasteiger partial charge in [0, 0.05) is 6.20 Å². The van der Waals surface area contributed by atoms with Crippen molar-refractivity contribution in [1.82, 2.24) is 9.78 Å². The minimum atomic E-state index is -0.607. The summed E-state index contributed by atoms with van der Waals surface area (Å²) in [5.41, 5.74) is -0.607. The van der Waals surface area contributed by atoms with E-state index in [1.54, 1.807) is 10.9 Å². The van der Waals surface area contributed by atoms with Gasteiger partial charge in [-0.25, -0.2) is 4.79 Å². The number of aromatic nitrogens is 2. The minimum Gasteiger partial charge on any atom is -0.467 e. The van der Waals surface area contributed by atoms with E-state index >= 15 is 0 Å². The fraction of sp³-hybridized carbons (Fsp3) is 0.500. The molecule has 0 aliphatic heterocycles. The first-order valence-corrected chi connectivity index (χ1v) is 5.27. The van der Waals surface area contributed by atoms with Crippen LogP contribution in [0.2, 0.25) is 5.15 Å². The van der Waals surface area contributed by atoms with Crippen molar-refractivity contribution in [1.29, 1.82) is 0 Å². The molecule has 1 fully saturated rings. The second kappa shape index (κ2) is 3.24. The number of rotatable bonds is 2. The lowest BCUT2D eigenvalue weighted by Gasteiger charge is -2.12. The van der Waals surface area contributed by atoms with Gasteiger partial charge in [-0.15, -0.1) is 0 Å². The number of carbonyl (C=O) groups excluding carboxylic acids is 1. The van der Waals surface area contributed by atoms with Crippen LogP contribution in [0.25, 0.3) is 0 Å². The van der Waals surface area contributed by atoms with E-state index in [4.69, 9.17) is 16.3 Å². The predicted molar refractivity (Wildman–Crippen MR) is 54.2 cm³/mol. The fourth-order valence-corrected chi connectivity index (χ4v) is 1.79. The van der Waals surface area contributed by atoms with Crippen LogP contribution >= 0.6 is 27.5 Å². The standard InChI is InChI=1S/C8H8BrClN2O2/c1-14-7(13)8(2-3-8)12-4-5(9)6(10)11-12/h4H,2-3H2,1H3. The summed E-state index contributed by atoms with van der Waals surface area (Å²) in [6.07, 6.45) is 3.21. The number of nitrogens with zero attached hydrogens (tertiary/aromatic N) is 2. The minimum absolute atomic E-state index is 0.260. The fourth-order valence-electron chi connectivity index (χ4n) is 1.39. The normalized spacial score (nSPS) is 17.9. The summed E-state index contributed by atoms with van der Waals surface area (Å²) in [4.78, 5) is 11.5. The van der Waals surface area contributed by atoms with Crippen LogP contribution in [0.1, 0.15) is 12.8 Å². The van der Waals surface area contributed by atoms with Crippen molar-refractivity contribution in [2.24, 2.45) is 0 Å². The average Bonchev–Trinajstić information content (AvgIpc) is 2.90. The highest BCUT2D eigenvalue weighted by atomic mass is 79.9. The van der Waals surface area contributed by atoms with Crippen molar-refractivity contribution in [3.05, 3.63) is 15.8 Å². The molecule has 76 valence electrons. The van der Waals surface area contributed by atoms with Crippen LogP contribution < -0.4 is 0 Å². The zero-order valence-corrected chi connectivity index (χ0v) is 9.80. The van der Waals surface area contributed by atoms with E-state index in [-0.39, 0.29) is 5.97 Å². The summed E-state index contributed by atoms with van der Waals surface area (Å²) >= 11 is 9.02. The summed E-state index contributed by atoms with van der Waals surface area (Å²) in [7, 11) is 1.38. The zero-order chi connectivity index (χ0) is 10.3. The highest BCUT2D eigenvalue weighted by Gasteiger charge is 2.54. The first-order valence-electron chi connectivity index (χ1n) is 4.10. The Hall–Kier alpha value is -0.550. The Labute approximate surface area is 94.3 Å². The second-order valence-corrected chi connectivity index (χ2v) is 4.45. The van der Waals surface area contributed by atoms with Gasteiger partial charge >= 0.3 is 5.97 Å². The Morgan fingerprint density at radius 1 is 1.79 bits per heavy atom. The Morgan fingerprint density at radius 2 is 2.43 bits per heavy atom. The van der Waals surface area contributed by atoms with Crippen molar-refractivity contribution in [3.63, 3.8) is 0 Å². The first kappa shape index (κ1) is 9.98.